The van der Waals surface area contributed by atoms with Crippen molar-refractivity contribution < 1.29 is 39.6 Å². The maximum atomic E-state index is 12.9. The molecule has 0 fully saturated rings. The number of H-pyrrole nitrogens is 2. The quantitative estimate of drug-likeness (QED) is 0.174. The van der Waals surface area contributed by atoms with Crippen molar-refractivity contribution in [3.63, 3.8) is 0 Å². The van der Waals surface area contributed by atoms with Crippen molar-refractivity contribution in [3.8, 4) is 0 Å². The molecule has 4 aliphatic rings. The van der Waals surface area contributed by atoms with Gasteiger partial charge in [0.2, 0.25) is 0 Å². The number of carbonyl (C=O) groups is 4. The van der Waals surface area contributed by atoms with E-state index in [0.29, 0.717) is 61.9 Å². The molecule has 50 heavy (non-hydrogen) atoms. The van der Waals surface area contributed by atoms with Gasteiger partial charge in [-0.3, -0.25) is 14.4 Å². The van der Waals surface area contributed by atoms with Gasteiger partial charge >= 0.3 is 23.9 Å². The van der Waals surface area contributed by atoms with E-state index in [-0.39, 0.29) is 31.3 Å². The molecule has 256 valence electrons. The number of carboxylic acid groups (broad SMARTS) is 4. The number of aryl methyl sites for hydroxylation is 2. The van der Waals surface area contributed by atoms with E-state index in [4.69, 9.17) is 9.97 Å². The molecule has 0 saturated heterocycles. The van der Waals surface area contributed by atoms with Gasteiger partial charge in [-0.25, -0.2) is 14.8 Å². The van der Waals surface area contributed by atoms with Crippen molar-refractivity contribution >= 4 is 62.8 Å². The summed E-state index contributed by atoms with van der Waals surface area (Å²) in [4.78, 5) is 65.2. The fourth-order valence-corrected chi connectivity index (χ4v) is 7.39. The Balaban J connectivity index is 1.77. The summed E-state index contributed by atoms with van der Waals surface area (Å²) in [5, 5.41) is 39.7. The van der Waals surface area contributed by atoms with E-state index in [9.17, 15) is 39.6 Å². The van der Waals surface area contributed by atoms with Crippen molar-refractivity contribution in [2.75, 3.05) is 0 Å². The van der Waals surface area contributed by atoms with Crippen LogP contribution in [-0.2, 0) is 31.0 Å². The van der Waals surface area contributed by atoms with E-state index in [0.717, 1.165) is 22.3 Å². The highest BCUT2D eigenvalue weighted by atomic mass is 16.4. The Morgan fingerprint density at radius 1 is 0.820 bits per heavy atom. The van der Waals surface area contributed by atoms with Crippen LogP contribution in [0, 0.1) is 12.8 Å². The molecule has 0 spiro atoms. The number of carboxylic acids is 4. The molecule has 0 aromatic carbocycles. The average Bonchev–Trinajstić information content (AvgIpc) is 3.69. The van der Waals surface area contributed by atoms with Crippen LogP contribution in [0.3, 0.4) is 0 Å². The van der Waals surface area contributed by atoms with E-state index in [1.165, 1.54) is 6.08 Å². The lowest BCUT2D eigenvalue weighted by molar-refractivity contribution is -0.145. The van der Waals surface area contributed by atoms with Crippen LogP contribution in [0.1, 0.15) is 85.3 Å². The van der Waals surface area contributed by atoms with E-state index < -0.39 is 35.2 Å². The van der Waals surface area contributed by atoms with Gasteiger partial charge in [0.05, 0.1) is 33.8 Å². The standard InChI is InChI=1S/C38H36N4O8/c1-6-20-17(2)26-14-31-24-10-7-23(36(47)48)35(37(49)50)38(24,5)32(42-31)16-27-19(4)22(9-12-34(45)46)30(41-27)15-29-21(8-11-33(43)44)18(3)25(40-29)13-28(20)39-26/h6-7,10,13-16,35,40,42H,1,8-9,11-12H2,2-5H3,(H,43,44)(H,45,46)(H,47,48)(H,49,50). The Bertz CT molecular complexity index is 2260. The number of rotatable bonds is 9. The van der Waals surface area contributed by atoms with Gasteiger partial charge in [0.15, 0.2) is 0 Å². The molecule has 5 heterocycles. The first-order valence-corrected chi connectivity index (χ1v) is 16.1. The monoisotopic (exact) mass is 676 g/mol. The maximum absolute atomic E-state index is 12.9. The SMILES string of the molecule is C=CC1=C(C)c2cc3[nH]c(cc4nc(cc5[nH]c(cc1n2)c(C)c5CCC(=O)O)C(CCC(=O)O)=C4C)C1(C)C3=CC=C(C(=O)O)C1C(=O)O. The highest BCUT2D eigenvalue weighted by Crippen LogP contribution is 2.52. The predicted octanol–water partition coefficient (Wildman–Crippen LogP) is 6.34. The molecule has 0 radical (unpaired) electrons. The largest absolute Gasteiger partial charge is 0.481 e. The maximum Gasteiger partial charge on any atom is 0.332 e. The second-order valence-electron chi connectivity index (χ2n) is 13.0. The van der Waals surface area contributed by atoms with Crippen LogP contribution in [0.25, 0.3) is 38.9 Å². The second kappa shape index (κ2) is 12.4. The van der Waals surface area contributed by atoms with Crippen LogP contribution in [0.4, 0.5) is 0 Å². The molecule has 12 nitrogen and oxygen atoms in total. The molecule has 0 saturated carbocycles. The molecule has 2 aromatic heterocycles. The van der Waals surface area contributed by atoms with Gasteiger partial charge in [0.25, 0.3) is 0 Å². The minimum absolute atomic E-state index is 0.114. The third-order valence-corrected chi connectivity index (χ3v) is 10.1. The zero-order valence-corrected chi connectivity index (χ0v) is 28.0. The summed E-state index contributed by atoms with van der Waals surface area (Å²) in [6.07, 6.45) is 4.75. The highest BCUT2D eigenvalue weighted by Gasteiger charge is 2.52. The molecule has 6 rings (SSSR count). The lowest BCUT2D eigenvalue weighted by Crippen LogP contribution is -2.41. The second-order valence-corrected chi connectivity index (χ2v) is 13.0. The molecule has 2 aromatic rings. The number of nitrogens with one attached hydrogen (secondary N) is 2. The summed E-state index contributed by atoms with van der Waals surface area (Å²) < 4.78 is 0. The molecule has 2 unspecified atom stereocenters. The molecule has 6 N–H and O–H groups in total. The average molecular weight is 677 g/mol. The van der Waals surface area contributed by atoms with Gasteiger partial charge in [-0.15, -0.1) is 0 Å². The molecule has 0 amide bonds. The Kier molecular flexibility index (Phi) is 8.42. The summed E-state index contributed by atoms with van der Waals surface area (Å²) in [5.74, 6) is -6.06. The molecule has 1 aliphatic carbocycles. The van der Waals surface area contributed by atoms with Gasteiger partial charge in [0.1, 0.15) is 5.92 Å². The number of hydrogen-bond donors (Lipinski definition) is 6. The molecule has 2 atom stereocenters. The molecular formula is C38H36N4O8. The Morgan fingerprint density at radius 3 is 2.10 bits per heavy atom. The number of aliphatic carboxylic acids is 4. The normalized spacial score (nSPS) is 19.0. The molecule has 8 bridgehead atoms. The van der Waals surface area contributed by atoms with Crippen LogP contribution >= 0.6 is 0 Å². The van der Waals surface area contributed by atoms with Gasteiger partial charge in [0, 0.05) is 40.8 Å². The summed E-state index contributed by atoms with van der Waals surface area (Å²) in [7, 11) is 0. The first kappa shape index (κ1) is 33.8. The summed E-state index contributed by atoms with van der Waals surface area (Å²) in [5.41, 5.74) is 7.84. The zero-order chi connectivity index (χ0) is 36.2. The Morgan fingerprint density at radius 2 is 1.46 bits per heavy atom. The van der Waals surface area contributed by atoms with Crippen molar-refractivity contribution in [2.45, 2.75) is 58.8 Å². The molecular weight excluding hydrogens is 640 g/mol. The molecule has 3 aliphatic heterocycles. The third-order valence-electron chi connectivity index (χ3n) is 10.1. The van der Waals surface area contributed by atoms with E-state index in [1.807, 2.05) is 32.9 Å². The number of fused-ring (bicyclic) bond motifs is 11. The van der Waals surface area contributed by atoms with Gasteiger partial charge in [-0.05, 0) is 98.2 Å². The third kappa shape index (κ3) is 5.52. The van der Waals surface area contributed by atoms with Crippen molar-refractivity contribution in [1.82, 2.24) is 19.9 Å². The molecule has 12 heteroatoms. The number of hydrogen-bond acceptors (Lipinski definition) is 6. The lowest BCUT2D eigenvalue weighted by Gasteiger charge is -2.35. The Labute approximate surface area is 286 Å². The number of allylic oxidation sites excluding steroid dienone is 8. The van der Waals surface area contributed by atoms with Crippen molar-refractivity contribution in [1.29, 1.82) is 0 Å². The summed E-state index contributed by atoms with van der Waals surface area (Å²) >= 11 is 0. The van der Waals surface area contributed by atoms with Gasteiger partial charge in [-0.2, -0.15) is 0 Å². The Hall–Kier alpha value is -6.04. The minimum atomic E-state index is -1.46. The topological polar surface area (TPSA) is 207 Å². The van der Waals surface area contributed by atoms with Crippen molar-refractivity contribution in [3.05, 3.63) is 99.9 Å². The van der Waals surface area contributed by atoms with Gasteiger partial charge < -0.3 is 30.4 Å². The summed E-state index contributed by atoms with van der Waals surface area (Å²) in [6, 6.07) is 7.17. The van der Waals surface area contributed by atoms with Gasteiger partial charge in [-0.1, -0.05) is 24.8 Å². The number of aromatic nitrogens is 4. The van der Waals surface area contributed by atoms with Crippen LogP contribution in [0.15, 0.2) is 54.6 Å². The number of nitrogens with zero attached hydrogens (tertiary/aromatic N) is 2. The first-order valence-electron chi connectivity index (χ1n) is 16.1. The lowest BCUT2D eigenvalue weighted by atomic mass is 9.64. The fraction of sp³-hybridized carbons (Fsp3) is 0.263. The van der Waals surface area contributed by atoms with Crippen LogP contribution in [0.5, 0.6) is 0 Å². The smallest absolute Gasteiger partial charge is 0.332 e. The van der Waals surface area contributed by atoms with E-state index in [1.54, 1.807) is 31.2 Å². The summed E-state index contributed by atoms with van der Waals surface area (Å²) in [6.45, 7) is 11.3. The van der Waals surface area contributed by atoms with Crippen LogP contribution < -0.4 is 0 Å². The minimum Gasteiger partial charge on any atom is -0.481 e. The zero-order valence-electron chi connectivity index (χ0n) is 28.0. The first-order chi connectivity index (χ1) is 23.6. The fourth-order valence-electron chi connectivity index (χ4n) is 7.39. The van der Waals surface area contributed by atoms with Crippen LogP contribution in [-0.4, -0.2) is 64.2 Å². The number of aromatic amines is 2. The van der Waals surface area contributed by atoms with E-state index in [2.05, 4.69) is 16.5 Å². The predicted molar refractivity (Wildman–Crippen MR) is 187 cm³/mol. The highest BCUT2D eigenvalue weighted by molar-refractivity contribution is 6.01. The van der Waals surface area contributed by atoms with E-state index >= 15 is 0 Å². The van der Waals surface area contributed by atoms with Crippen LogP contribution in [0.2, 0.25) is 0 Å². The van der Waals surface area contributed by atoms with Crippen molar-refractivity contribution in [2.24, 2.45) is 5.92 Å².